The molecule has 1 atom stereocenters. The maximum atomic E-state index is 11.1. The Bertz CT molecular complexity index is 481. The summed E-state index contributed by atoms with van der Waals surface area (Å²) in [4.78, 5) is 13.2. The maximum absolute atomic E-state index is 11.1. The summed E-state index contributed by atoms with van der Waals surface area (Å²) in [5, 5.41) is 3.16. The summed E-state index contributed by atoms with van der Waals surface area (Å²) >= 11 is 0. The van der Waals surface area contributed by atoms with Gasteiger partial charge in [0.25, 0.3) is 5.91 Å². The van der Waals surface area contributed by atoms with E-state index in [9.17, 15) is 4.79 Å². The van der Waals surface area contributed by atoms with Crippen molar-refractivity contribution in [2.45, 2.75) is 12.6 Å². The lowest BCUT2D eigenvalue weighted by Gasteiger charge is -2.32. The molecule has 1 aromatic rings. The number of nitrogens with one attached hydrogen (secondary N) is 1. The van der Waals surface area contributed by atoms with Gasteiger partial charge in [0.1, 0.15) is 11.9 Å². The number of primary amides is 1. The Morgan fingerprint density at radius 1 is 1.44 bits per heavy atom. The van der Waals surface area contributed by atoms with Crippen molar-refractivity contribution in [2.75, 3.05) is 6.54 Å². The summed E-state index contributed by atoms with van der Waals surface area (Å²) in [5.74, 6) is -0.396. The van der Waals surface area contributed by atoms with Crippen molar-refractivity contribution in [3.63, 3.8) is 0 Å². The predicted molar refractivity (Wildman–Crippen MR) is 60.0 cm³/mol. The number of nitrogens with two attached hydrogens (primary N) is 1. The van der Waals surface area contributed by atoms with Crippen LogP contribution in [0.15, 0.2) is 36.2 Å². The average Bonchev–Trinajstić information content (AvgIpc) is 2.73. The van der Waals surface area contributed by atoms with Gasteiger partial charge in [-0.15, -0.1) is 0 Å². The van der Waals surface area contributed by atoms with Crippen LogP contribution in [0.4, 0.5) is 0 Å². The lowest BCUT2D eigenvalue weighted by molar-refractivity contribution is -0.114. The number of carbonyl (C=O) groups is 1. The lowest BCUT2D eigenvalue weighted by atomic mass is 9.98. The van der Waals surface area contributed by atoms with Crippen LogP contribution in [-0.4, -0.2) is 17.4 Å². The van der Waals surface area contributed by atoms with E-state index in [1.165, 1.54) is 11.1 Å². The summed E-state index contributed by atoms with van der Waals surface area (Å²) in [6.07, 6.45) is 2.91. The van der Waals surface area contributed by atoms with Crippen molar-refractivity contribution in [1.82, 2.24) is 10.2 Å². The van der Waals surface area contributed by atoms with E-state index in [1.54, 1.807) is 0 Å². The summed E-state index contributed by atoms with van der Waals surface area (Å²) < 4.78 is 0. The van der Waals surface area contributed by atoms with Crippen LogP contribution in [0.1, 0.15) is 17.3 Å². The molecule has 0 aromatic heterocycles. The SMILES string of the molecule is NC(=O)C1=CN2CCc3ccccc3C2N1. The van der Waals surface area contributed by atoms with Crippen LogP contribution in [0.2, 0.25) is 0 Å². The number of carbonyl (C=O) groups excluding carboxylic acids is 1. The Morgan fingerprint density at radius 3 is 3.06 bits per heavy atom. The zero-order valence-corrected chi connectivity index (χ0v) is 8.81. The largest absolute Gasteiger partial charge is 0.364 e. The minimum Gasteiger partial charge on any atom is -0.364 e. The van der Waals surface area contributed by atoms with Crippen molar-refractivity contribution in [1.29, 1.82) is 0 Å². The van der Waals surface area contributed by atoms with E-state index in [0.717, 1.165) is 13.0 Å². The highest BCUT2D eigenvalue weighted by atomic mass is 16.1. The fourth-order valence-electron chi connectivity index (χ4n) is 2.37. The molecule has 0 fully saturated rings. The summed E-state index contributed by atoms with van der Waals surface area (Å²) in [6.45, 7) is 0.922. The van der Waals surface area contributed by atoms with Crippen molar-refractivity contribution < 1.29 is 4.79 Å². The van der Waals surface area contributed by atoms with Gasteiger partial charge in [0.15, 0.2) is 0 Å². The van der Waals surface area contributed by atoms with E-state index < -0.39 is 5.91 Å². The number of hydrogen-bond donors (Lipinski definition) is 2. The second-order valence-electron chi connectivity index (χ2n) is 4.14. The van der Waals surface area contributed by atoms with Crippen LogP contribution in [0, 0.1) is 0 Å². The molecule has 4 nitrogen and oxygen atoms in total. The number of hydrogen-bond acceptors (Lipinski definition) is 3. The van der Waals surface area contributed by atoms with Crippen molar-refractivity contribution in [3.8, 4) is 0 Å². The molecular formula is C12H13N3O. The molecular weight excluding hydrogens is 202 g/mol. The highest BCUT2D eigenvalue weighted by Crippen LogP contribution is 2.32. The second-order valence-corrected chi connectivity index (χ2v) is 4.14. The number of benzene rings is 1. The van der Waals surface area contributed by atoms with E-state index in [1.807, 2.05) is 18.3 Å². The maximum Gasteiger partial charge on any atom is 0.266 e. The minimum atomic E-state index is -0.396. The monoisotopic (exact) mass is 215 g/mol. The van der Waals surface area contributed by atoms with Gasteiger partial charge in [0.2, 0.25) is 0 Å². The van der Waals surface area contributed by atoms with E-state index in [4.69, 9.17) is 5.73 Å². The van der Waals surface area contributed by atoms with Gasteiger partial charge in [-0.1, -0.05) is 24.3 Å². The Labute approximate surface area is 93.7 Å². The molecule has 0 saturated heterocycles. The molecule has 3 rings (SSSR count). The molecule has 1 unspecified atom stereocenters. The topological polar surface area (TPSA) is 58.4 Å². The van der Waals surface area contributed by atoms with Gasteiger partial charge >= 0.3 is 0 Å². The van der Waals surface area contributed by atoms with E-state index in [0.29, 0.717) is 5.70 Å². The molecule has 2 aliphatic rings. The molecule has 1 aromatic carbocycles. The first-order valence-electron chi connectivity index (χ1n) is 5.37. The van der Waals surface area contributed by atoms with E-state index in [-0.39, 0.29) is 6.17 Å². The third kappa shape index (κ3) is 1.26. The van der Waals surface area contributed by atoms with Gasteiger partial charge in [0, 0.05) is 12.7 Å². The Hall–Kier alpha value is -1.97. The first-order chi connectivity index (χ1) is 7.75. The highest BCUT2D eigenvalue weighted by Gasteiger charge is 2.31. The number of fused-ring (bicyclic) bond motifs is 3. The molecule has 4 heteroatoms. The van der Waals surface area contributed by atoms with Gasteiger partial charge < -0.3 is 16.0 Å². The van der Waals surface area contributed by atoms with Crippen molar-refractivity contribution in [3.05, 3.63) is 47.3 Å². The smallest absolute Gasteiger partial charge is 0.266 e. The molecule has 0 bridgehead atoms. The lowest BCUT2D eigenvalue weighted by Crippen LogP contribution is -2.35. The molecule has 2 heterocycles. The van der Waals surface area contributed by atoms with E-state index >= 15 is 0 Å². The first-order valence-corrected chi connectivity index (χ1v) is 5.37. The van der Waals surface area contributed by atoms with Crippen LogP contribution in [0.5, 0.6) is 0 Å². The quantitative estimate of drug-likeness (QED) is 0.716. The van der Waals surface area contributed by atoms with E-state index in [2.05, 4.69) is 22.3 Å². The van der Waals surface area contributed by atoms with Crippen LogP contribution in [0.3, 0.4) is 0 Å². The van der Waals surface area contributed by atoms with Crippen LogP contribution in [0.25, 0.3) is 0 Å². The molecule has 16 heavy (non-hydrogen) atoms. The second kappa shape index (κ2) is 3.27. The van der Waals surface area contributed by atoms with Crippen molar-refractivity contribution in [2.24, 2.45) is 5.73 Å². The normalized spacial score (nSPS) is 21.9. The Kier molecular flexibility index (Phi) is 1.89. The summed E-state index contributed by atoms with van der Waals surface area (Å²) in [5.41, 5.74) is 8.36. The van der Waals surface area contributed by atoms with Gasteiger partial charge in [0.05, 0.1) is 0 Å². The average molecular weight is 215 g/mol. The van der Waals surface area contributed by atoms with Gasteiger partial charge in [-0.05, 0) is 17.5 Å². The number of amides is 1. The Morgan fingerprint density at radius 2 is 2.25 bits per heavy atom. The molecule has 3 N–H and O–H groups in total. The fraction of sp³-hybridized carbons (Fsp3) is 0.250. The molecule has 82 valence electrons. The molecule has 1 amide bonds. The summed E-state index contributed by atoms with van der Waals surface area (Å²) in [6, 6.07) is 8.30. The zero-order valence-electron chi connectivity index (χ0n) is 8.81. The summed E-state index contributed by atoms with van der Waals surface area (Å²) in [7, 11) is 0. The molecule has 2 aliphatic heterocycles. The number of rotatable bonds is 1. The fourth-order valence-corrected chi connectivity index (χ4v) is 2.37. The van der Waals surface area contributed by atoms with Gasteiger partial charge in [-0.3, -0.25) is 4.79 Å². The van der Waals surface area contributed by atoms with Crippen LogP contribution < -0.4 is 11.1 Å². The van der Waals surface area contributed by atoms with Gasteiger partial charge in [-0.2, -0.15) is 0 Å². The van der Waals surface area contributed by atoms with Crippen LogP contribution >= 0.6 is 0 Å². The Balaban J connectivity index is 1.97. The first kappa shape index (κ1) is 9.27. The number of nitrogens with zero attached hydrogens (tertiary/aromatic N) is 1. The standard InChI is InChI=1S/C12H13N3O/c13-11(16)10-7-15-6-5-8-3-1-2-4-9(8)12(15)14-10/h1-4,7,12,14H,5-6H2,(H2,13,16). The predicted octanol–water partition coefficient (Wildman–Crippen LogP) is 0.473. The third-order valence-corrected chi connectivity index (χ3v) is 3.17. The highest BCUT2D eigenvalue weighted by molar-refractivity contribution is 5.91. The molecule has 0 spiro atoms. The molecule has 0 saturated carbocycles. The minimum absolute atomic E-state index is 0.0763. The zero-order chi connectivity index (χ0) is 11.1. The molecule has 0 radical (unpaired) electrons. The van der Waals surface area contributed by atoms with Crippen molar-refractivity contribution >= 4 is 5.91 Å². The van der Waals surface area contributed by atoms with Crippen LogP contribution in [-0.2, 0) is 11.2 Å². The van der Waals surface area contributed by atoms with Gasteiger partial charge in [-0.25, -0.2) is 0 Å². The third-order valence-electron chi connectivity index (χ3n) is 3.17. The molecule has 0 aliphatic carbocycles.